The second-order valence-corrected chi connectivity index (χ2v) is 4.03. The first-order chi connectivity index (χ1) is 6.50. The molecule has 1 aromatic rings. The molecule has 1 rings (SSSR count). The molecule has 0 saturated heterocycles. The minimum absolute atomic E-state index is 0.0515. The van der Waals surface area contributed by atoms with Gasteiger partial charge in [0.15, 0.2) is 0 Å². The Morgan fingerprint density at radius 2 is 2.29 bits per heavy atom. The van der Waals surface area contributed by atoms with Gasteiger partial charge in [-0.1, -0.05) is 0 Å². The van der Waals surface area contributed by atoms with E-state index in [0.717, 1.165) is 0 Å². The van der Waals surface area contributed by atoms with E-state index in [1.54, 1.807) is 17.9 Å². The fourth-order valence-corrected chi connectivity index (χ4v) is 1.01. The average Bonchev–Trinajstić information content (AvgIpc) is 2.51. The number of hydrogen-bond acceptors (Lipinski definition) is 2. The Morgan fingerprint density at radius 3 is 2.71 bits per heavy atom. The van der Waals surface area contributed by atoms with Crippen molar-refractivity contribution in [2.75, 3.05) is 0 Å². The number of amides is 1. The maximum absolute atomic E-state index is 11.5. The van der Waals surface area contributed by atoms with E-state index < -0.39 is 0 Å². The Hall–Kier alpha value is -1.03. The molecule has 1 aromatic heterocycles. The number of carbonyl (C=O) groups excluding carboxylic acids is 1. The molecular weight excluding hydrogens is 202 g/mol. The quantitative estimate of drug-likeness (QED) is 0.770. The fraction of sp³-hybridized carbons (Fsp3) is 0.556. The third kappa shape index (κ3) is 2.73. The summed E-state index contributed by atoms with van der Waals surface area (Å²) >= 11 is 5.83. The van der Waals surface area contributed by atoms with Crippen molar-refractivity contribution in [2.45, 2.75) is 25.3 Å². The largest absolute Gasteiger partial charge is 0.348 e. The molecule has 0 aliphatic rings. The minimum atomic E-state index is -0.141. The fourth-order valence-electron chi connectivity index (χ4n) is 0.943. The van der Waals surface area contributed by atoms with Crippen LogP contribution in [0.2, 0.25) is 0 Å². The zero-order valence-corrected chi connectivity index (χ0v) is 9.25. The van der Waals surface area contributed by atoms with Crippen molar-refractivity contribution in [1.82, 2.24) is 15.1 Å². The molecule has 2 unspecified atom stereocenters. The third-order valence-electron chi connectivity index (χ3n) is 2.01. The van der Waals surface area contributed by atoms with Crippen LogP contribution in [0.3, 0.4) is 0 Å². The summed E-state index contributed by atoms with van der Waals surface area (Å²) in [4.78, 5) is 11.5. The maximum Gasteiger partial charge on any atom is 0.254 e. The van der Waals surface area contributed by atoms with Gasteiger partial charge in [-0.25, -0.2) is 0 Å². The summed E-state index contributed by atoms with van der Waals surface area (Å²) in [6.07, 6.45) is 3.20. The number of aromatic nitrogens is 2. The van der Waals surface area contributed by atoms with E-state index in [-0.39, 0.29) is 17.3 Å². The molecule has 4 nitrogen and oxygen atoms in total. The number of halogens is 1. The lowest BCUT2D eigenvalue weighted by Gasteiger charge is -2.14. The Bertz CT molecular complexity index is 322. The van der Waals surface area contributed by atoms with E-state index >= 15 is 0 Å². The topological polar surface area (TPSA) is 46.9 Å². The normalized spacial score (nSPS) is 14.9. The average molecular weight is 216 g/mol. The molecule has 1 heterocycles. The van der Waals surface area contributed by atoms with Crippen LogP contribution in [-0.4, -0.2) is 27.1 Å². The Balaban J connectivity index is 2.59. The van der Waals surface area contributed by atoms with Crippen molar-refractivity contribution in [1.29, 1.82) is 0 Å². The highest BCUT2D eigenvalue weighted by Gasteiger charge is 2.14. The van der Waals surface area contributed by atoms with Crippen molar-refractivity contribution in [3.63, 3.8) is 0 Å². The minimum Gasteiger partial charge on any atom is -0.348 e. The van der Waals surface area contributed by atoms with Crippen LogP contribution in [0.15, 0.2) is 12.4 Å². The second-order valence-electron chi connectivity index (χ2n) is 3.34. The van der Waals surface area contributed by atoms with Gasteiger partial charge in [0.05, 0.1) is 17.1 Å². The number of carbonyl (C=O) groups is 1. The molecule has 1 amide bonds. The lowest BCUT2D eigenvalue weighted by atomic mass is 10.2. The maximum atomic E-state index is 11.5. The SMILES string of the molecule is CC(Cl)C(C)NC(=O)c1cnn(C)c1. The van der Waals surface area contributed by atoms with Crippen LogP contribution in [0.1, 0.15) is 24.2 Å². The molecule has 14 heavy (non-hydrogen) atoms. The van der Waals surface area contributed by atoms with E-state index in [1.807, 2.05) is 13.8 Å². The van der Waals surface area contributed by atoms with Crippen LogP contribution >= 0.6 is 11.6 Å². The zero-order valence-electron chi connectivity index (χ0n) is 8.49. The summed E-state index contributed by atoms with van der Waals surface area (Å²) in [6.45, 7) is 3.71. The number of rotatable bonds is 3. The standard InChI is InChI=1S/C9H14ClN3O/c1-6(10)7(2)12-9(14)8-4-11-13(3)5-8/h4-7H,1-3H3,(H,12,14). The number of aryl methyl sites for hydroxylation is 1. The Kier molecular flexibility index (Phi) is 3.52. The van der Waals surface area contributed by atoms with Crippen LogP contribution in [0.25, 0.3) is 0 Å². The van der Waals surface area contributed by atoms with Gasteiger partial charge in [0.1, 0.15) is 0 Å². The van der Waals surface area contributed by atoms with Gasteiger partial charge in [0, 0.05) is 19.3 Å². The van der Waals surface area contributed by atoms with Gasteiger partial charge < -0.3 is 5.32 Å². The molecule has 0 fully saturated rings. The van der Waals surface area contributed by atoms with Gasteiger partial charge in [-0.2, -0.15) is 5.10 Å². The van der Waals surface area contributed by atoms with Crippen molar-refractivity contribution in [3.8, 4) is 0 Å². The summed E-state index contributed by atoms with van der Waals surface area (Å²) in [6, 6.07) is -0.0515. The third-order valence-corrected chi connectivity index (χ3v) is 2.39. The predicted octanol–water partition coefficient (Wildman–Crippen LogP) is 1.17. The first-order valence-electron chi connectivity index (χ1n) is 4.44. The highest BCUT2D eigenvalue weighted by Crippen LogP contribution is 2.03. The van der Waals surface area contributed by atoms with Gasteiger partial charge in [0.2, 0.25) is 0 Å². The summed E-state index contributed by atoms with van der Waals surface area (Å²) < 4.78 is 1.59. The van der Waals surface area contributed by atoms with E-state index in [2.05, 4.69) is 10.4 Å². The Morgan fingerprint density at radius 1 is 1.64 bits per heavy atom. The summed E-state index contributed by atoms with van der Waals surface area (Å²) in [7, 11) is 1.77. The summed E-state index contributed by atoms with van der Waals surface area (Å²) in [5.41, 5.74) is 0.552. The predicted molar refractivity (Wildman–Crippen MR) is 55.5 cm³/mol. The van der Waals surface area contributed by atoms with E-state index in [9.17, 15) is 4.79 Å². The molecule has 2 atom stereocenters. The van der Waals surface area contributed by atoms with Crippen molar-refractivity contribution < 1.29 is 4.79 Å². The highest BCUT2D eigenvalue weighted by atomic mass is 35.5. The highest BCUT2D eigenvalue weighted by molar-refractivity contribution is 6.21. The van der Waals surface area contributed by atoms with Gasteiger partial charge in [-0.15, -0.1) is 11.6 Å². The molecule has 0 aromatic carbocycles. The van der Waals surface area contributed by atoms with E-state index in [0.29, 0.717) is 5.56 Å². The molecule has 0 radical (unpaired) electrons. The first-order valence-corrected chi connectivity index (χ1v) is 4.88. The monoisotopic (exact) mass is 215 g/mol. The molecule has 5 heteroatoms. The Labute approximate surface area is 88.2 Å². The smallest absolute Gasteiger partial charge is 0.254 e. The number of nitrogens with one attached hydrogen (secondary N) is 1. The van der Waals surface area contributed by atoms with Crippen molar-refractivity contribution >= 4 is 17.5 Å². The zero-order chi connectivity index (χ0) is 10.7. The van der Waals surface area contributed by atoms with Gasteiger partial charge in [-0.3, -0.25) is 9.48 Å². The molecular formula is C9H14ClN3O. The lowest BCUT2D eigenvalue weighted by molar-refractivity contribution is 0.0939. The molecule has 78 valence electrons. The van der Waals surface area contributed by atoms with E-state index in [4.69, 9.17) is 11.6 Å². The lowest BCUT2D eigenvalue weighted by Crippen LogP contribution is -2.37. The van der Waals surface area contributed by atoms with E-state index in [1.165, 1.54) is 6.20 Å². The van der Waals surface area contributed by atoms with Gasteiger partial charge >= 0.3 is 0 Å². The van der Waals surface area contributed by atoms with Crippen molar-refractivity contribution in [3.05, 3.63) is 18.0 Å². The summed E-state index contributed by atoms with van der Waals surface area (Å²) in [5, 5.41) is 6.61. The first kappa shape index (κ1) is 11.0. The number of alkyl halides is 1. The molecule has 0 aliphatic heterocycles. The van der Waals surface area contributed by atoms with Crippen LogP contribution in [0.4, 0.5) is 0 Å². The van der Waals surface area contributed by atoms with Crippen LogP contribution in [-0.2, 0) is 7.05 Å². The summed E-state index contributed by atoms with van der Waals surface area (Å²) in [5.74, 6) is -0.141. The molecule has 1 N–H and O–H groups in total. The van der Waals surface area contributed by atoms with Gasteiger partial charge in [0.25, 0.3) is 5.91 Å². The number of nitrogens with zero attached hydrogens (tertiary/aromatic N) is 2. The van der Waals surface area contributed by atoms with Crippen LogP contribution < -0.4 is 5.32 Å². The van der Waals surface area contributed by atoms with Crippen molar-refractivity contribution in [2.24, 2.45) is 7.05 Å². The second kappa shape index (κ2) is 4.46. The molecule has 0 spiro atoms. The van der Waals surface area contributed by atoms with Crippen LogP contribution in [0, 0.1) is 0 Å². The molecule has 0 aliphatic carbocycles. The number of hydrogen-bond donors (Lipinski definition) is 1. The molecule has 0 saturated carbocycles. The van der Waals surface area contributed by atoms with Crippen LogP contribution in [0.5, 0.6) is 0 Å². The molecule has 0 bridgehead atoms. The van der Waals surface area contributed by atoms with Gasteiger partial charge in [-0.05, 0) is 13.8 Å².